The van der Waals surface area contributed by atoms with Gasteiger partial charge in [0.05, 0.1) is 34.0 Å². The second kappa shape index (κ2) is 16.5. The summed E-state index contributed by atoms with van der Waals surface area (Å²) in [6.45, 7) is 2.19. The highest BCUT2D eigenvalue weighted by atomic mass is 14.9. The first-order chi connectivity index (χ1) is 32.6. The van der Waals surface area contributed by atoms with Crippen LogP contribution in [0.15, 0.2) is 229 Å². The van der Waals surface area contributed by atoms with Crippen LogP contribution in [0, 0.1) is 0 Å². The second-order valence-corrected chi connectivity index (χ2v) is 17.0. The molecule has 3 aromatic heterocycles. The van der Waals surface area contributed by atoms with Gasteiger partial charge in [0, 0.05) is 51.0 Å². The van der Waals surface area contributed by atoms with E-state index in [0.29, 0.717) is 5.82 Å². The number of aromatic nitrogens is 4. The topological polar surface area (TPSA) is 63.9 Å². The fraction of sp³-hybridized carbons (Fsp3) is 0.0328. The van der Waals surface area contributed by atoms with Crippen molar-refractivity contribution in [2.45, 2.75) is 13.3 Å². The molecule has 5 nitrogen and oxygen atoms in total. The smallest absolute Gasteiger partial charge is 0.160 e. The summed E-state index contributed by atoms with van der Waals surface area (Å²) in [5, 5.41) is 5.76. The molecule has 0 aliphatic carbocycles. The zero-order chi connectivity index (χ0) is 44.0. The molecule has 310 valence electrons. The average Bonchev–Trinajstić information content (AvgIpc) is 3.57. The van der Waals surface area contributed by atoms with Gasteiger partial charge in [-0.25, -0.2) is 19.9 Å². The molecule has 0 N–H and O–H groups in total. The van der Waals surface area contributed by atoms with Gasteiger partial charge in [-0.2, -0.15) is 0 Å². The molecule has 5 heteroatoms. The highest BCUT2D eigenvalue weighted by Gasteiger charge is 2.18. The minimum Gasteiger partial charge on any atom is -0.264 e. The number of nitrogens with zero attached hydrogens (tertiary/aromatic N) is 5. The molecule has 1 aliphatic rings. The maximum Gasteiger partial charge on any atom is 0.160 e. The summed E-state index contributed by atoms with van der Waals surface area (Å²) in [7, 11) is 0. The van der Waals surface area contributed by atoms with E-state index < -0.39 is 0 Å². The third-order valence-electron chi connectivity index (χ3n) is 12.6. The van der Waals surface area contributed by atoms with Crippen molar-refractivity contribution < 1.29 is 0 Å². The van der Waals surface area contributed by atoms with E-state index in [1.165, 1.54) is 21.9 Å². The average molecular weight is 844 g/mol. The summed E-state index contributed by atoms with van der Waals surface area (Å²) >= 11 is 0. The first-order valence-electron chi connectivity index (χ1n) is 22.3. The lowest BCUT2D eigenvalue weighted by Crippen LogP contribution is -1.98. The number of allylic oxidation sites excluding steroid dienone is 2. The summed E-state index contributed by atoms with van der Waals surface area (Å²) in [6, 6.07) is 70.5. The van der Waals surface area contributed by atoms with Crippen LogP contribution in [0.3, 0.4) is 0 Å². The summed E-state index contributed by atoms with van der Waals surface area (Å²) in [4.78, 5) is 25.5. The molecule has 12 rings (SSSR count). The van der Waals surface area contributed by atoms with E-state index in [2.05, 4.69) is 200 Å². The normalized spacial score (nSPS) is 12.4. The lowest BCUT2D eigenvalue weighted by molar-refractivity contribution is 1.15. The van der Waals surface area contributed by atoms with Crippen molar-refractivity contribution >= 4 is 43.8 Å². The van der Waals surface area contributed by atoms with Crippen molar-refractivity contribution in [1.29, 1.82) is 0 Å². The lowest BCUT2D eigenvalue weighted by Gasteiger charge is -2.12. The first-order valence-corrected chi connectivity index (χ1v) is 22.3. The number of rotatable bonds is 7. The summed E-state index contributed by atoms with van der Waals surface area (Å²) in [5.41, 5.74) is 17.4. The highest BCUT2D eigenvalue weighted by molar-refractivity contribution is 6.13. The number of aliphatic imine (C=N–C) groups is 1. The number of fused-ring (bicyclic) bond motifs is 5. The molecular formula is C61H41N5. The number of pyridine rings is 2. The summed E-state index contributed by atoms with van der Waals surface area (Å²) in [6.07, 6.45) is 6.81. The minimum absolute atomic E-state index is 0.678. The van der Waals surface area contributed by atoms with Gasteiger partial charge in [-0.3, -0.25) is 4.98 Å². The highest BCUT2D eigenvalue weighted by Crippen LogP contribution is 2.37. The molecule has 0 radical (unpaired) electrons. The zero-order valence-electron chi connectivity index (χ0n) is 36.2. The van der Waals surface area contributed by atoms with Crippen molar-refractivity contribution in [2.75, 3.05) is 0 Å². The Morgan fingerprint density at radius 1 is 0.409 bits per heavy atom. The predicted octanol–water partition coefficient (Wildman–Crippen LogP) is 15.4. The van der Waals surface area contributed by atoms with Gasteiger partial charge in [0.15, 0.2) is 5.82 Å². The van der Waals surface area contributed by atoms with Crippen molar-refractivity contribution in [3.05, 3.63) is 235 Å². The molecule has 4 heterocycles. The van der Waals surface area contributed by atoms with Gasteiger partial charge < -0.3 is 0 Å². The zero-order valence-corrected chi connectivity index (χ0v) is 36.2. The lowest BCUT2D eigenvalue weighted by atomic mass is 9.96. The fourth-order valence-electron chi connectivity index (χ4n) is 9.27. The summed E-state index contributed by atoms with van der Waals surface area (Å²) in [5.74, 6) is 0.678. The van der Waals surface area contributed by atoms with E-state index in [9.17, 15) is 0 Å². The van der Waals surface area contributed by atoms with Gasteiger partial charge in [-0.05, 0) is 106 Å². The Bertz CT molecular complexity index is 3750. The monoisotopic (exact) mass is 843 g/mol. The molecular weight excluding hydrogens is 803 g/mol. The van der Waals surface area contributed by atoms with Crippen LogP contribution >= 0.6 is 0 Å². The molecule has 8 aromatic carbocycles. The largest absolute Gasteiger partial charge is 0.264 e. The van der Waals surface area contributed by atoms with E-state index in [1.54, 1.807) is 0 Å². The fourth-order valence-corrected chi connectivity index (χ4v) is 9.27. The van der Waals surface area contributed by atoms with Crippen LogP contribution in [-0.2, 0) is 6.42 Å². The molecule has 1 aliphatic heterocycles. The second-order valence-electron chi connectivity index (χ2n) is 17.0. The molecule has 66 heavy (non-hydrogen) atoms. The third-order valence-corrected chi connectivity index (χ3v) is 12.6. The maximum atomic E-state index is 5.45. The van der Waals surface area contributed by atoms with Crippen molar-refractivity contribution in [3.63, 3.8) is 0 Å². The minimum atomic E-state index is 0.678. The number of hydrogen-bond acceptors (Lipinski definition) is 5. The number of benzene rings is 8. The molecule has 0 atom stereocenters. The van der Waals surface area contributed by atoms with E-state index in [-0.39, 0.29) is 0 Å². The molecule has 0 amide bonds. The van der Waals surface area contributed by atoms with Crippen LogP contribution in [-0.4, -0.2) is 25.6 Å². The van der Waals surface area contributed by atoms with Gasteiger partial charge in [0.25, 0.3) is 0 Å². The quantitative estimate of drug-likeness (QED) is 0.160. The van der Waals surface area contributed by atoms with E-state index in [1.807, 2.05) is 30.6 Å². The van der Waals surface area contributed by atoms with E-state index >= 15 is 0 Å². The van der Waals surface area contributed by atoms with Crippen LogP contribution in [0.4, 0.5) is 5.69 Å². The molecule has 0 saturated carbocycles. The van der Waals surface area contributed by atoms with Crippen LogP contribution < -0.4 is 0 Å². The van der Waals surface area contributed by atoms with Crippen molar-refractivity contribution in [1.82, 2.24) is 19.9 Å². The van der Waals surface area contributed by atoms with Gasteiger partial charge in [0.2, 0.25) is 0 Å². The SMILES string of the molecule is CC1=CC(c2cccc(-c3cccc(-c4cc(-c5cccc(-c6cccc7cnccc67)c5)nc(-c5ccccc5)n4)c3)c2)=Nc2c(ccc3ccc(-c4ccc5ccccc5c4)nc23)C1. The van der Waals surface area contributed by atoms with Gasteiger partial charge in [-0.1, -0.05) is 163 Å². The van der Waals surface area contributed by atoms with Gasteiger partial charge >= 0.3 is 0 Å². The van der Waals surface area contributed by atoms with Crippen molar-refractivity contribution in [2.24, 2.45) is 4.99 Å². The van der Waals surface area contributed by atoms with Crippen LogP contribution in [0.1, 0.15) is 18.1 Å². The van der Waals surface area contributed by atoms with Crippen LogP contribution in [0.25, 0.3) is 99.9 Å². The Labute approximate surface area is 383 Å². The molecule has 11 aromatic rings. The molecule has 0 bridgehead atoms. The van der Waals surface area contributed by atoms with Gasteiger partial charge in [0.1, 0.15) is 0 Å². The summed E-state index contributed by atoms with van der Waals surface area (Å²) < 4.78 is 0. The van der Waals surface area contributed by atoms with E-state index in [4.69, 9.17) is 19.9 Å². The molecule has 0 fully saturated rings. The number of hydrogen-bond donors (Lipinski definition) is 0. The van der Waals surface area contributed by atoms with E-state index in [0.717, 1.165) is 107 Å². The Kier molecular flexibility index (Phi) is 9.72. The maximum absolute atomic E-state index is 5.45. The third kappa shape index (κ3) is 7.42. The Morgan fingerprint density at radius 3 is 1.85 bits per heavy atom. The predicted molar refractivity (Wildman–Crippen MR) is 273 cm³/mol. The van der Waals surface area contributed by atoms with Crippen LogP contribution in [0.5, 0.6) is 0 Å². The Balaban J connectivity index is 0.921. The standard InChI is InChI=1S/C61H41N5/c1-39-31-51-26-24-41-27-28-55(50-25-23-40-11-5-6-14-43(40)33-50)63-59(41)60(51)64-56(32-39)47-18-7-15-44(34-47)45-16-8-19-48(35-45)57-37-58(66-61(65-57)42-12-3-2-4-13-42)49-20-9-17-46(36-49)53-22-10-21-52-38-62-30-29-54(52)53/h2-30,32-38H,31H2,1H3. The first kappa shape index (κ1) is 39.0. The van der Waals surface area contributed by atoms with Crippen molar-refractivity contribution in [3.8, 4) is 67.4 Å². The molecule has 0 unspecified atom stereocenters. The Hall–Kier alpha value is -8.67. The Morgan fingerprint density at radius 2 is 1.03 bits per heavy atom. The van der Waals surface area contributed by atoms with Crippen LogP contribution in [0.2, 0.25) is 0 Å². The van der Waals surface area contributed by atoms with Gasteiger partial charge in [-0.15, -0.1) is 0 Å². The molecule has 0 saturated heterocycles. The molecule has 0 spiro atoms.